The first kappa shape index (κ1) is 14.8. The third-order valence-electron chi connectivity index (χ3n) is 2.09. The second-order valence-corrected chi connectivity index (χ2v) is 5.42. The van der Waals surface area contributed by atoms with Gasteiger partial charge < -0.3 is 10.5 Å². The lowest BCUT2D eigenvalue weighted by atomic mass is 10.3. The van der Waals surface area contributed by atoms with E-state index in [2.05, 4.69) is 9.72 Å². The van der Waals surface area contributed by atoms with E-state index in [1.165, 1.54) is 31.1 Å². The fraction of sp³-hybridized carbons (Fsp3) is 0.364. The van der Waals surface area contributed by atoms with Gasteiger partial charge >= 0.3 is 5.97 Å². The Balaban J connectivity index is 2.73. The van der Waals surface area contributed by atoms with Gasteiger partial charge in [-0.1, -0.05) is 18.5 Å². The number of ether oxygens (including phenoxy) is 1. The molecule has 0 aliphatic heterocycles. The largest absolute Gasteiger partial charge is 0.469 e. The molecule has 0 saturated carbocycles. The van der Waals surface area contributed by atoms with E-state index in [0.717, 1.165) is 0 Å². The molecule has 7 heteroatoms. The summed E-state index contributed by atoms with van der Waals surface area (Å²) < 4.78 is 4.57. The molecule has 0 saturated heterocycles. The zero-order valence-corrected chi connectivity index (χ0v) is 11.5. The summed E-state index contributed by atoms with van der Waals surface area (Å²) in [6.07, 6.45) is 1.62. The van der Waals surface area contributed by atoms with Gasteiger partial charge in [-0.25, -0.2) is 4.98 Å². The first-order chi connectivity index (χ1) is 8.43. The number of methoxy groups -OCH3 is 1. The number of esters is 1. The number of pyridine rings is 1. The number of amides is 1. The highest BCUT2D eigenvalue weighted by Crippen LogP contribution is 2.30. The van der Waals surface area contributed by atoms with E-state index in [9.17, 15) is 9.59 Å². The Labute approximate surface area is 114 Å². The van der Waals surface area contributed by atoms with Gasteiger partial charge in [0.1, 0.15) is 5.03 Å². The maximum absolute atomic E-state index is 11.1. The van der Waals surface area contributed by atoms with Crippen LogP contribution in [0.2, 0.25) is 5.02 Å². The Bertz CT molecular complexity index is 468. The number of thioether (sulfide) groups is 1. The van der Waals surface area contributed by atoms with Crippen molar-refractivity contribution >= 4 is 35.2 Å². The zero-order chi connectivity index (χ0) is 13.7. The van der Waals surface area contributed by atoms with Crippen LogP contribution < -0.4 is 5.73 Å². The van der Waals surface area contributed by atoms with Crippen LogP contribution in [-0.4, -0.2) is 29.2 Å². The number of hydrogen-bond donors (Lipinski definition) is 1. The van der Waals surface area contributed by atoms with Crippen LogP contribution in [0.1, 0.15) is 23.7 Å². The molecule has 0 aliphatic carbocycles. The number of halogens is 1. The molecule has 1 aromatic rings. The van der Waals surface area contributed by atoms with Gasteiger partial charge in [0, 0.05) is 11.4 Å². The number of rotatable bonds is 5. The Hall–Kier alpha value is -1.27. The summed E-state index contributed by atoms with van der Waals surface area (Å²) in [5.41, 5.74) is 5.37. The number of carbonyl (C=O) groups is 2. The van der Waals surface area contributed by atoms with Crippen LogP contribution >= 0.6 is 23.4 Å². The summed E-state index contributed by atoms with van der Waals surface area (Å²) in [5, 5.41) is 0.868. The summed E-state index contributed by atoms with van der Waals surface area (Å²) in [6, 6.07) is 1.46. The summed E-state index contributed by atoms with van der Waals surface area (Å²) >= 11 is 7.32. The average molecular weight is 289 g/mol. The maximum atomic E-state index is 11.1. The van der Waals surface area contributed by atoms with E-state index in [1.807, 2.05) is 6.92 Å². The van der Waals surface area contributed by atoms with Crippen LogP contribution in [0.25, 0.3) is 0 Å². The van der Waals surface area contributed by atoms with Crippen molar-refractivity contribution in [3.05, 3.63) is 22.8 Å². The van der Waals surface area contributed by atoms with Gasteiger partial charge in [0.15, 0.2) is 0 Å². The topological polar surface area (TPSA) is 82.3 Å². The van der Waals surface area contributed by atoms with Crippen LogP contribution in [0.4, 0.5) is 0 Å². The second-order valence-electron chi connectivity index (χ2n) is 3.58. The minimum absolute atomic E-state index is 0.0260. The number of carbonyl (C=O) groups excluding carboxylic acids is 2. The monoisotopic (exact) mass is 288 g/mol. The lowest BCUT2D eigenvalue weighted by molar-refractivity contribution is -0.140. The first-order valence-corrected chi connectivity index (χ1v) is 6.38. The fourth-order valence-electron chi connectivity index (χ4n) is 1.20. The molecular weight excluding hydrogens is 276 g/mol. The molecule has 5 nitrogen and oxygen atoms in total. The molecule has 2 N–H and O–H groups in total. The maximum Gasteiger partial charge on any atom is 0.306 e. The molecule has 0 spiro atoms. The van der Waals surface area contributed by atoms with Gasteiger partial charge in [0.05, 0.1) is 24.1 Å². The highest BCUT2D eigenvalue weighted by Gasteiger charge is 2.14. The SMILES string of the molecule is COC(=O)CC(C)Sc1ncc(C(N)=O)cc1Cl. The van der Waals surface area contributed by atoms with E-state index in [-0.39, 0.29) is 23.2 Å². The van der Waals surface area contributed by atoms with Crippen molar-refractivity contribution in [1.82, 2.24) is 4.98 Å². The molecule has 18 heavy (non-hydrogen) atoms. The van der Waals surface area contributed by atoms with Gasteiger partial charge in [0.25, 0.3) is 0 Å². The fourth-order valence-corrected chi connectivity index (χ4v) is 2.38. The molecule has 98 valence electrons. The molecule has 1 rings (SSSR count). The normalized spacial score (nSPS) is 11.9. The summed E-state index contributed by atoms with van der Waals surface area (Å²) in [5.74, 6) is -0.872. The molecule has 0 aromatic carbocycles. The quantitative estimate of drug-likeness (QED) is 0.661. The molecule has 0 fully saturated rings. The van der Waals surface area contributed by atoms with Crippen LogP contribution in [-0.2, 0) is 9.53 Å². The molecule has 1 atom stereocenters. The lowest BCUT2D eigenvalue weighted by Crippen LogP contribution is -2.12. The minimum atomic E-state index is -0.580. The van der Waals surface area contributed by atoms with Gasteiger partial charge in [-0.05, 0) is 6.07 Å². The van der Waals surface area contributed by atoms with Gasteiger partial charge in [-0.15, -0.1) is 11.8 Å². The predicted molar refractivity (Wildman–Crippen MR) is 69.7 cm³/mol. The molecule has 0 bridgehead atoms. The van der Waals surface area contributed by atoms with Gasteiger partial charge in [-0.2, -0.15) is 0 Å². The molecule has 1 unspecified atom stereocenters. The number of aromatic nitrogens is 1. The van der Waals surface area contributed by atoms with Crippen molar-refractivity contribution in [1.29, 1.82) is 0 Å². The number of primary amides is 1. The van der Waals surface area contributed by atoms with Crippen LogP contribution in [0.15, 0.2) is 17.3 Å². The highest BCUT2D eigenvalue weighted by atomic mass is 35.5. The van der Waals surface area contributed by atoms with Crippen molar-refractivity contribution in [2.45, 2.75) is 23.6 Å². The molecule has 0 aliphatic rings. The first-order valence-electron chi connectivity index (χ1n) is 5.13. The minimum Gasteiger partial charge on any atom is -0.469 e. The highest BCUT2D eigenvalue weighted by molar-refractivity contribution is 8.00. The number of nitrogens with zero attached hydrogens (tertiary/aromatic N) is 1. The van der Waals surface area contributed by atoms with E-state index >= 15 is 0 Å². The summed E-state index contributed by atoms with van der Waals surface area (Å²) in [7, 11) is 1.34. The molecule has 0 radical (unpaired) electrons. The Morgan fingerprint density at radius 1 is 1.61 bits per heavy atom. The van der Waals surface area contributed by atoms with E-state index in [0.29, 0.717) is 10.0 Å². The van der Waals surface area contributed by atoms with Crippen molar-refractivity contribution in [3.63, 3.8) is 0 Å². The lowest BCUT2D eigenvalue weighted by Gasteiger charge is -2.10. The van der Waals surface area contributed by atoms with E-state index in [1.54, 1.807) is 0 Å². The zero-order valence-electron chi connectivity index (χ0n) is 9.97. The number of hydrogen-bond acceptors (Lipinski definition) is 5. The Kier molecular flexibility index (Phi) is 5.43. The molecule has 1 aromatic heterocycles. The summed E-state index contributed by atoms with van der Waals surface area (Å²) in [6.45, 7) is 1.86. The smallest absolute Gasteiger partial charge is 0.306 e. The van der Waals surface area contributed by atoms with E-state index < -0.39 is 5.91 Å². The predicted octanol–water partition coefficient (Wildman–Crippen LogP) is 1.88. The molecular formula is C11H13ClN2O3S. The average Bonchev–Trinajstić information content (AvgIpc) is 2.31. The van der Waals surface area contributed by atoms with Gasteiger partial charge in [0.2, 0.25) is 5.91 Å². The molecule has 1 amide bonds. The van der Waals surface area contributed by atoms with Crippen molar-refractivity contribution in [3.8, 4) is 0 Å². The van der Waals surface area contributed by atoms with Crippen molar-refractivity contribution in [2.75, 3.05) is 7.11 Å². The number of nitrogens with two attached hydrogens (primary N) is 1. The van der Waals surface area contributed by atoms with Crippen LogP contribution in [0, 0.1) is 0 Å². The van der Waals surface area contributed by atoms with Gasteiger partial charge in [-0.3, -0.25) is 9.59 Å². The standard InChI is InChI=1S/C11H13ClN2O3S/c1-6(3-9(15)17-2)18-11-8(12)4-7(5-14-11)10(13)16/h4-6H,3H2,1-2H3,(H2,13,16). The second kappa shape index (κ2) is 6.61. The Morgan fingerprint density at radius 2 is 2.28 bits per heavy atom. The third-order valence-corrected chi connectivity index (χ3v) is 3.60. The summed E-state index contributed by atoms with van der Waals surface area (Å²) in [4.78, 5) is 26.1. The Morgan fingerprint density at radius 3 is 2.78 bits per heavy atom. The van der Waals surface area contributed by atoms with Crippen LogP contribution in [0.3, 0.4) is 0 Å². The van der Waals surface area contributed by atoms with E-state index in [4.69, 9.17) is 17.3 Å². The third kappa shape index (κ3) is 4.19. The molecule has 1 heterocycles. The van der Waals surface area contributed by atoms with Crippen molar-refractivity contribution in [2.24, 2.45) is 5.73 Å². The van der Waals surface area contributed by atoms with Crippen molar-refractivity contribution < 1.29 is 14.3 Å². The van der Waals surface area contributed by atoms with Crippen LogP contribution in [0.5, 0.6) is 0 Å².